The first-order valence-electron chi connectivity index (χ1n) is 5.84. The molecule has 0 amide bonds. The first-order chi connectivity index (χ1) is 8.82. The molecule has 4 N–H and O–H groups in total. The summed E-state index contributed by atoms with van der Waals surface area (Å²) < 4.78 is 6.32. The second-order valence-electron chi connectivity index (χ2n) is 4.68. The van der Waals surface area contributed by atoms with Gasteiger partial charge < -0.3 is 20.1 Å². The van der Waals surface area contributed by atoms with Crippen LogP contribution in [0.25, 0.3) is 0 Å². The number of H-pyrrole nitrogens is 1. The summed E-state index contributed by atoms with van der Waals surface area (Å²) in [7, 11) is 0. The smallest absolute Gasteiger partial charge is 0.330 e. The minimum atomic E-state index is -1.48. The SMILES string of the molecule is Cc1cn(C2OC(C)C(O)C(O)C2O)c(=O)[nH]c1=O. The number of nitrogens with zero attached hydrogens (tertiary/aromatic N) is 1. The molecule has 1 aliphatic rings. The fourth-order valence-electron chi connectivity index (χ4n) is 2.03. The standard InChI is InChI=1S/C11H16N2O6/c1-4-3-13(11(18)12-9(4)17)10-8(16)7(15)6(14)5(2)19-10/h3,5-8,10,14-16H,1-2H3,(H,12,17,18). The van der Waals surface area contributed by atoms with Crippen molar-refractivity contribution in [3.63, 3.8) is 0 Å². The lowest BCUT2D eigenvalue weighted by Crippen LogP contribution is -2.56. The number of hydrogen-bond donors (Lipinski definition) is 4. The van der Waals surface area contributed by atoms with Crippen LogP contribution in [-0.4, -0.2) is 49.3 Å². The molecule has 0 radical (unpaired) electrons. The molecule has 8 nitrogen and oxygen atoms in total. The number of hydrogen-bond acceptors (Lipinski definition) is 6. The van der Waals surface area contributed by atoms with Crippen molar-refractivity contribution in [2.45, 2.75) is 44.5 Å². The third-order valence-electron chi connectivity index (χ3n) is 3.25. The Morgan fingerprint density at radius 1 is 1.21 bits per heavy atom. The number of aliphatic hydroxyl groups is 3. The van der Waals surface area contributed by atoms with Crippen molar-refractivity contribution in [3.8, 4) is 0 Å². The lowest BCUT2D eigenvalue weighted by molar-refractivity contribution is -0.241. The maximum absolute atomic E-state index is 11.7. The highest BCUT2D eigenvalue weighted by molar-refractivity contribution is 5.02. The normalized spacial score (nSPS) is 35.3. The van der Waals surface area contributed by atoms with Crippen LogP contribution in [-0.2, 0) is 4.74 Å². The Hall–Kier alpha value is -1.48. The van der Waals surface area contributed by atoms with Gasteiger partial charge in [0.1, 0.15) is 18.3 Å². The minimum absolute atomic E-state index is 0.267. The van der Waals surface area contributed by atoms with E-state index in [0.717, 1.165) is 4.57 Å². The van der Waals surface area contributed by atoms with Crippen LogP contribution in [0.1, 0.15) is 18.7 Å². The molecule has 2 rings (SSSR count). The highest BCUT2D eigenvalue weighted by Crippen LogP contribution is 2.26. The van der Waals surface area contributed by atoms with E-state index in [1.165, 1.54) is 20.0 Å². The zero-order valence-corrected chi connectivity index (χ0v) is 10.5. The van der Waals surface area contributed by atoms with Gasteiger partial charge in [-0.25, -0.2) is 4.79 Å². The molecule has 0 aromatic carbocycles. The molecule has 1 aromatic rings. The van der Waals surface area contributed by atoms with Crippen LogP contribution in [0.15, 0.2) is 15.8 Å². The molecule has 0 saturated carbocycles. The number of aromatic nitrogens is 2. The van der Waals surface area contributed by atoms with Crippen molar-refractivity contribution in [1.29, 1.82) is 0 Å². The Balaban J connectivity index is 2.44. The summed E-state index contributed by atoms with van der Waals surface area (Å²) in [5, 5.41) is 29.1. The Labute approximate surface area is 107 Å². The molecule has 19 heavy (non-hydrogen) atoms. The molecule has 1 aromatic heterocycles. The quantitative estimate of drug-likeness (QED) is 0.462. The molecule has 0 bridgehead atoms. The number of aryl methyl sites for hydroxylation is 1. The van der Waals surface area contributed by atoms with Gasteiger partial charge in [0.05, 0.1) is 6.10 Å². The van der Waals surface area contributed by atoms with E-state index in [0.29, 0.717) is 0 Å². The van der Waals surface area contributed by atoms with Gasteiger partial charge in [-0.3, -0.25) is 14.3 Å². The number of ether oxygens (including phenoxy) is 1. The van der Waals surface area contributed by atoms with E-state index in [9.17, 15) is 24.9 Å². The maximum atomic E-state index is 11.7. The summed E-state index contributed by atoms with van der Waals surface area (Å²) in [6, 6.07) is 0. The van der Waals surface area contributed by atoms with Gasteiger partial charge in [-0.05, 0) is 13.8 Å². The van der Waals surface area contributed by atoms with Gasteiger partial charge in [0.25, 0.3) is 5.56 Å². The molecule has 1 aliphatic heterocycles. The predicted octanol–water partition coefficient (Wildman–Crippen LogP) is -2.15. The topological polar surface area (TPSA) is 125 Å². The number of rotatable bonds is 1. The van der Waals surface area contributed by atoms with Crippen molar-refractivity contribution in [2.24, 2.45) is 0 Å². The molecule has 0 aliphatic carbocycles. The lowest BCUT2D eigenvalue weighted by atomic mass is 9.99. The monoisotopic (exact) mass is 272 g/mol. The summed E-state index contributed by atoms with van der Waals surface area (Å²) in [6.45, 7) is 3.01. The van der Waals surface area contributed by atoms with E-state index >= 15 is 0 Å². The van der Waals surface area contributed by atoms with Gasteiger partial charge in [-0.1, -0.05) is 0 Å². The summed E-state index contributed by atoms with van der Waals surface area (Å²) in [5.74, 6) is 0. The largest absolute Gasteiger partial charge is 0.388 e. The van der Waals surface area contributed by atoms with Gasteiger partial charge in [-0.15, -0.1) is 0 Å². The molecule has 106 valence electrons. The molecule has 1 fully saturated rings. The second-order valence-corrected chi connectivity index (χ2v) is 4.68. The Morgan fingerprint density at radius 2 is 1.84 bits per heavy atom. The van der Waals surface area contributed by atoms with Crippen LogP contribution in [0, 0.1) is 6.92 Å². The molecule has 5 unspecified atom stereocenters. The highest BCUT2D eigenvalue weighted by Gasteiger charge is 2.42. The van der Waals surface area contributed by atoms with E-state index in [1.54, 1.807) is 0 Å². The molecular weight excluding hydrogens is 256 g/mol. The highest BCUT2D eigenvalue weighted by atomic mass is 16.5. The van der Waals surface area contributed by atoms with Gasteiger partial charge in [0.2, 0.25) is 0 Å². The Bertz CT molecular complexity index is 579. The van der Waals surface area contributed by atoms with Gasteiger partial charge >= 0.3 is 5.69 Å². The number of aliphatic hydroxyl groups excluding tert-OH is 3. The van der Waals surface area contributed by atoms with Crippen LogP contribution in [0.2, 0.25) is 0 Å². The molecular formula is C11H16N2O6. The minimum Gasteiger partial charge on any atom is -0.388 e. The van der Waals surface area contributed by atoms with Gasteiger partial charge in [0, 0.05) is 11.8 Å². The van der Waals surface area contributed by atoms with Crippen LogP contribution in [0.4, 0.5) is 0 Å². The molecule has 2 heterocycles. The Kier molecular flexibility index (Phi) is 3.59. The van der Waals surface area contributed by atoms with Crippen molar-refractivity contribution in [3.05, 3.63) is 32.6 Å². The predicted molar refractivity (Wildman–Crippen MR) is 63.7 cm³/mol. The second kappa shape index (κ2) is 4.89. The first kappa shape index (κ1) is 13.9. The van der Waals surface area contributed by atoms with Crippen LogP contribution in [0.3, 0.4) is 0 Å². The molecule has 0 spiro atoms. The molecule has 1 saturated heterocycles. The fourth-order valence-corrected chi connectivity index (χ4v) is 2.03. The lowest BCUT2D eigenvalue weighted by Gasteiger charge is -2.39. The molecule has 8 heteroatoms. The average molecular weight is 272 g/mol. The zero-order chi connectivity index (χ0) is 14.3. The number of aromatic amines is 1. The summed E-state index contributed by atoms with van der Waals surface area (Å²) in [6.07, 6.45) is -4.85. The van der Waals surface area contributed by atoms with Crippen molar-refractivity contribution >= 4 is 0 Å². The maximum Gasteiger partial charge on any atom is 0.330 e. The van der Waals surface area contributed by atoms with Crippen LogP contribution in [0.5, 0.6) is 0 Å². The average Bonchev–Trinajstić information content (AvgIpc) is 2.36. The van der Waals surface area contributed by atoms with E-state index in [4.69, 9.17) is 4.74 Å². The third kappa shape index (κ3) is 2.35. The number of nitrogens with one attached hydrogen (secondary N) is 1. The first-order valence-corrected chi connectivity index (χ1v) is 5.84. The van der Waals surface area contributed by atoms with Crippen LogP contribution >= 0.6 is 0 Å². The van der Waals surface area contributed by atoms with E-state index < -0.39 is 41.9 Å². The van der Waals surface area contributed by atoms with E-state index in [2.05, 4.69) is 4.98 Å². The molecule has 5 atom stereocenters. The third-order valence-corrected chi connectivity index (χ3v) is 3.25. The fraction of sp³-hybridized carbons (Fsp3) is 0.636. The van der Waals surface area contributed by atoms with E-state index in [-0.39, 0.29) is 5.56 Å². The van der Waals surface area contributed by atoms with Crippen LogP contribution < -0.4 is 11.2 Å². The van der Waals surface area contributed by atoms with E-state index in [1.807, 2.05) is 0 Å². The van der Waals surface area contributed by atoms with Gasteiger partial charge in [-0.2, -0.15) is 0 Å². The Morgan fingerprint density at radius 3 is 2.47 bits per heavy atom. The summed E-state index contributed by atoms with van der Waals surface area (Å²) in [4.78, 5) is 25.1. The summed E-state index contributed by atoms with van der Waals surface area (Å²) >= 11 is 0. The zero-order valence-electron chi connectivity index (χ0n) is 10.5. The summed E-state index contributed by atoms with van der Waals surface area (Å²) in [5.41, 5.74) is -1.01. The van der Waals surface area contributed by atoms with Crippen molar-refractivity contribution in [2.75, 3.05) is 0 Å². The van der Waals surface area contributed by atoms with Crippen molar-refractivity contribution in [1.82, 2.24) is 9.55 Å². The van der Waals surface area contributed by atoms with Gasteiger partial charge in [0.15, 0.2) is 6.23 Å². The van der Waals surface area contributed by atoms with Crippen molar-refractivity contribution < 1.29 is 20.1 Å².